The van der Waals surface area contributed by atoms with E-state index in [4.69, 9.17) is 32.9 Å². The van der Waals surface area contributed by atoms with E-state index in [0.717, 1.165) is 5.69 Å². The minimum absolute atomic E-state index is 0.0475. The number of benzene rings is 1. The molecule has 0 aliphatic carbocycles. The number of halogens is 3. The van der Waals surface area contributed by atoms with Gasteiger partial charge in [-0.1, -0.05) is 29.3 Å². The molecule has 13 heteroatoms. The number of carbonyl (C=O) groups excluding carboxylic acids is 3. The van der Waals surface area contributed by atoms with E-state index in [1.165, 1.54) is 30.0 Å². The number of imidazole rings is 1. The molecule has 0 N–H and O–H groups in total. The standard InChI is InChI=1S/C27H27Cl2FN6O4/c1-15(37)34-10-11-35-22(13-34)31-19-8-9-36(24(25(19)35)17-5-4-16(28)12-18(17)30)23(38)14-40-21-7-6-20(32-26(21)29)27(39)33(2)3/h4-7,12,24H,8-11,13-14H2,1-3H3. The van der Waals surface area contributed by atoms with E-state index in [1.807, 2.05) is 4.57 Å². The van der Waals surface area contributed by atoms with E-state index in [9.17, 15) is 14.4 Å². The lowest BCUT2D eigenvalue weighted by atomic mass is 9.94. The van der Waals surface area contributed by atoms with Crippen LogP contribution in [0.1, 0.15) is 46.2 Å². The molecule has 1 atom stereocenters. The van der Waals surface area contributed by atoms with Gasteiger partial charge in [-0.05, 0) is 24.3 Å². The highest BCUT2D eigenvalue weighted by molar-refractivity contribution is 6.31. The molecule has 0 bridgehead atoms. The Morgan fingerprint density at radius 3 is 2.55 bits per heavy atom. The number of carbonyl (C=O) groups is 3. The molecule has 2 aromatic heterocycles. The maximum atomic E-state index is 15.3. The monoisotopic (exact) mass is 588 g/mol. The van der Waals surface area contributed by atoms with Gasteiger partial charge in [0, 0.05) is 57.7 Å². The molecule has 40 heavy (non-hydrogen) atoms. The summed E-state index contributed by atoms with van der Waals surface area (Å²) in [6, 6.07) is 6.55. The summed E-state index contributed by atoms with van der Waals surface area (Å²) in [4.78, 5) is 51.2. The molecule has 0 radical (unpaired) electrons. The number of rotatable bonds is 5. The summed E-state index contributed by atoms with van der Waals surface area (Å²) in [5.41, 5.74) is 1.90. The summed E-state index contributed by atoms with van der Waals surface area (Å²) in [6.07, 6.45) is 0.455. The average molecular weight is 589 g/mol. The summed E-state index contributed by atoms with van der Waals surface area (Å²) in [6.45, 7) is 2.70. The zero-order chi connectivity index (χ0) is 28.7. The number of nitrogens with zero attached hydrogens (tertiary/aromatic N) is 6. The quantitative estimate of drug-likeness (QED) is 0.424. The fraction of sp³-hybridized carbons (Fsp3) is 0.370. The summed E-state index contributed by atoms with van der Waals surface area (Å²) in [5, 5.41) is 0.186. The first-order valence-corrected chi connectivity index (χ1v) is 13.4. The van der Waals surface area contributed by atoms with Gasteiger partial charge in [-0.3, -0.25) is 14.4 Å². The normalized spacial score (nSPS) is 16.3. The number of pyridine rings is 1. The fourth-order valence-electron chi connectivity index (χ4n) is 5.08. The van der Waals surface area contributed by atoms with Crippen LogP contribution < -0.4 is 4.74 Å². The van der Waals surface area contributed by atoms with Crippen LogP contribution in [0.4, 0.5) is 4.39 Å². The first-order valence-electron chi connectivity index (χ1n) is 12.6. The Morgan fingerprint density at radius 2 is 1.88 bits per heavy atom. The summed E-state index contributed by atoms with van der Waals surface area (Å²) < 4.78 is 23.0. The Labute approximate surface area is 240 Å². The number of aromatic nitrogens is 3. The van der Waals surface area contributed by atoms with Crippen LogP contribution in [-0.4, -0.2) is 80.7 Å². The van der Waals surface area contributed by atoms with Gasteiger partial charge in [-0.15, -0.1) is 0 Å². The molecule has 1 unspecified atom stereocenters. The molecular weight excluding hydrogens is 562 g/mol. The number of hydrogen-bond donors (Lipinski definition) is 0. The second-order valence-electron chi connectivity index (χ2n) is 9.83. The van der Waals surface area contributed by atoms with Crippen molar-refractivity contribution in [2.24, 2.45) is 0 Å². The molecule has 0 spiro atoms. The average Bonchev–Trinajstić information content (AvgIpc) is 3.29. The Kier molecular flexibility index (Phi) is 7.70. The van der Waals surface area contributed by atoms with Crippen LogP contribution in [0, 0.1) is 5.82 Å². The fourth-order valence-corrected chi connectivity index (χ4v) is 5.44. The van der Waals surface area contributed by atoms with Crippen LogP contribution in [-0.2, 0) is 29.1 Å². The van der Waals surface area contributed by atoms with Gasteiger partial charge < -0.3 is 24.0 Å². The molecule has 0 saturated carbocycles. The summed E-state index contributed by atoms with van der Waals surface area (Å²) in [7, 11) is 3.20. The lowest BCUT2D eigenvalue weighted by Crippen LogP contribution is -2.45. The first-order chi connectivity index (χ1) is 19.0. The first kappa shape index (κ1) is 27.9. The molecule has 3 amide bonds. The van der Waals surface area contributed by atoms with E-state index >= 15 is 4.39 Å². The number of ether oxygens (including phenoxy) is 1. The van der Waals surface area contributed by atoms with Gasteiger partial charge in [0.25, 0.3) is 11.8 Å². The zero-order valence-electron chi connectivity index (χ0n) is 22.2. The summed E-state index contributed by atoms with van der Waals surface area (Å²) >= 11 is 12.3. The topological polar surface area (TPSA) is 101 Å². The molecule has 0 fully saturated rings. The Balaban J connectivity index is 1.45. The molecule has 4 heterocycles. The van der Waals surface area contributed by atoms with E-state index in [-0.39, 0.29) is 52.1 Å². The third kappa shape index (κ3) is 5.23. The van der Waals surface area contributed by atoms with E-state index in [2.05, 4.69) is 4.98 Å². The van der Waals surface area contributed by atoms with Gasteiger partial charge in [0.15, 0.2) is 17.5 Å². The van der Waals surface area contributed by atoms with Crippen molar-refractivity contribution in [2.75, 3.05) is 33.8 Å². The highest BCUT2D eigenvalue weighted by atomic mass is 35.5. The Hall–Kier alpha value is -3.70. The van der Waals surface area contributed by atoms with Crippen LogP contribution in [0.25, 0.3) is 0 Å². The molecule has 210 valence electrons. The second-order valence-corrected chi connectivity index (χ2v) is 10.6. The van der Waals surface area contributed by atoms with Gasteiger partial charge in [-0.25, -0.2) is 14.4 Å². The molecule has 3 aromatic rings. The van der Waals surface area contributed by atoms with Crippen LogP contribution >= 0.6 is 23.2 Å². The predicted octanol–water partition coefficient (Wildman–Crippen LogP) is 3.34. The third-order valence-corrected chi connectivity index (χ3v) is 7.57. The lowest BCUT2D eigenvalue weighted by Gasteiger charge is -2.37. The maximum Gasteiger partial charge on any atom is 0.271 e. The van der Waals surface area contributed by atoms with Crippen molar-refractivity contribution in [1.29, 1.82) is 0 Å². The smallest absolute Gasteiger partial charge is 0.271 e. The molecule has 2 aliphatic heterocycles. The van der Waals surface area contributed by atoms with E-state index in [0.29, 0.717) is 37.6 Å². The third-order valence-electron chi connectivity index (χ3n) is 7.06. The highest BCUT2D eigenvalue weighted by Gasteiger charge is 2.39. The maximum absolute atomic E-state index is 15.3. The van der Waals surface area contributed by atoms with Crippen LogP contribution in [0.2, 0.25) is 10.2 Å². The van der Waals surface area contributed by atoms with Crippen molar-refractivity contribution in [3.8, 4) is 5.75 Å². The largest absolute Gasteiger partial charge is 0.481 e. The van der Waals surface area contributed by atoms with Crippen LogP contribution in [0.15, 0.2) is 30.3 Å². The highest BCUT2D eigenvalue weighted by Crippen LogP contribution is 2.38. The van der Waals surface area contributed by atoms with Gasteiger partial charge in [0.05, 0.1) is 17.9 Å². The zero-order valence-corrected chi connectivity index (χ0v) is 23.7. The number of fused-ring (bicyclic) bond motifs is 3. The van der Waals surface area contributed by atoms with Crippen molar-refractivity contribution >= 4 is 40.9 Å². The minimum atomic E-state index is -0.782. The molecule has 1 aromatic carbocycles. The van der Waals surface area contributed by atoms with Crippen molar-refractivity contribution in [1.82, 2.24) is 29.2 Å². The van der Waals surface area contributed by atoms with E-state index < -0.39 is 17.8 Å². The van der Waals surface area contributed by atoms with Crippen molar-refractivity contribution in [3.63, 3.8) is 0 Å². The second kappa shape index (κ2) is 11.1. The van der Waals surface area contributed by atoms with E-state index in [1.54, 1.807) is 36.0 Å². The van der Waals surface area contributed by atoms with Crippen molar-refractivity contribution in [2.45, 2.75) is 32.5 Å². The SMILES string of the molecule is CC(=O)N1CCn2c(nc3c2C(c2ccc(Cl)cc2F)N(C(=O)COc2ccc(C(=O)N(C)C)nc2Cl)CC3)C1. The van der Waals surface area contributed by atoms with Gasteiger partial charge in [-0.2, -0.15) is 0 Å². The molecule has 5 rings (SSSR count). The van der Waals surface area contributed by atoms with Crippen molar-refractivity contribution < 1.29 is 23.5 Å². The van der Waals surface area contributed by atoms with Crippen molar-refractivity contribution in [3.05, 3.63) is 74.8 Å². The summed E-state index contributed by atoms with van der Waals surface area (Å²) in [5.74, 6) is -0.476. The molecule has 0 saturated heterocycles. The Bertz CT molecular complexity index is 1510. The molecule has 10 nitrogen and oxygen atoms in total. The van der Waals surface area contributed by atoms with Gasteiger partial charge >= 0.3 is 0 Å². The van der Waals surface area contributed by atoms with Gasteiger partial charge in [0.2, 0.25) is 5.91 Å². The predicted molar refractivity (Wildman–Crippen MR) is 145 cm³/mol. The lowest BCUT2D eigenvalue weighted by molar-refractivity contribution is -0.135. The van der Waals surface area contributed by atoms with Crippen LogP contribution in [0.5, 0.6) is 5.75 Å². The van der Waals surface area contributed by atoms with Gasteiger partial charge in [0.1, 0.15) is 23.4 Å². The van der Waals surface area contributed by atoms with Crippen LogP contribution in [0.3, 0.4) is 0 Å². The minimum Gasteiger partial charge on any atom is -0.481 e. The number of amides is 3. The molecule has 2 aliphatic rings. The molecular formula is C27H27Cl2FN6O4. The Morgan fingerprint density at radius 1 is 1.10 bits per heavy atom. The number of hydrogen-bond acceptors (Lipinski definition) is 6.